The molecule has 0 radical (unpaired) electrons. The Morgan fingerprint density at radius 3 is 2.00 bits per heavy atom. The SMILES string of the molecule is CC(C)NC(c1ccc(C(C)C)cc1)c1ccc(F)cn1. The summed E-state index contributed by atoms with van der Waals surface area (Å²) in [5, 5.41) is 3.50. The van der Waals surface area contributed by atoms with Crippen LogP contribution < -0.4 is 5.32 Å². The Bertz CT molecular complexity index is 559. The summed E-state index contributed by atoms with van der Waals surface area (Å²) in [6, 6.07) is 12.0. The van der Waals surface area contributed by atoms with Crippen LogP contribution in [0.3, 0.4) is 0 Å². The van der Waals surface area contributed by atoms with Gasteiger partial charge in [0.15, 0.2) is 0 Å². The minimum Gasteiger partial charge on any atom is -0.303 e. The van der Waals surface area contributed by atoms with Crippen molar-refractivity contribution < 1.29 is 4.39 Å². The van der Waals surface area contributed by atoms with Gasteiger partial charge in [-0.1, -0.05) is 38.1 Å². The predicted molar refractivity (Wildman–Crippen MR) is 84.8 cm³/mol. The molecule has 0 amide bonds. The highest BCUT2D eigenvalue weighted by Gasteiger charge is 2.16. The van der Waals surface area contributed by atoms with E-state index < -0.39 is 0 Å². The molecule has 0 aliphatic rings. The lowest BCUT2D eigenvalue weighted by Gasteiger charge is -2.22. The molecule has 0 saturated heterocycles. The molecule has 0 aliphatic carbocycles. The fourth-order valence-corrected chi connectivity index (χ4v) is 2.32. The van der Waals surface area contributed by atoms with Crippen LogP contribution in [0.15, 0.2) is 42.6 Å². The Hall–Kier alpha value is -1.74. The molecular weight excluding hydrogens is 263 g/mol. The fourth-order valence-electron chi connectivity index (χ4n) is 2.32. The maximum atomic E-state index is 13.1. The quantitative estimate of drug-likeness (QED) is 0.879. The minimum absolute atomic E-state index is 0.0215. The van der Waals surface area contributed by atoms with Crippen molar-refractivity contribution in [2.24, 2.45) is 0 Å². The van der Waals surface area contributed by atoms with Gasteiger partial charge in [-0.25, -0.2) is 4.39 Å². The van der Waals surface area contributed by atoms with E-state index in [9.17, 15) is 4.39 Å². The lowest BCUT2D eigenvalue weighted by molar-refractivity contribution is 0.517. The lowest BCUT2D eigenvalue weighted by atomic mass is 9.97. The predicted octanol–water partition coefficient (Wildman–Crippen LogP) is 4.43. The number of halogens is 1. The van der Waals surface area contributed by atoms with Gasteiger partial charge in [-0.3, -0.25) is 4.98 Å². The normalized spacial score (nSPS) is 12.9. The third-order valence-electron chi connectivity index (χ3n) is 3.48. The maximum absolute atomic E-state index is 13.1. The van der Waals surface area contributed by atoms with Gasteiger partial charge in [0.25, 0.3) is 0 Å². The standard InChI is InChI=1S/C18H23FN2/c1-12(2)14-5-7-15(8-6-14)18(21-13(3)4)17-10-9-16(19)11-20-17/h5-13,18,21H,1-4H3. The second-order valence-electron chi connectivity index (χ2n) is 5.98. The third kappa shape index (κ3) is 4.11. The molecule has 1 unspecified atom stereocenters. The zero-order chi connectivity index (χ0) is 15.4. The van der Waals surface area contributed by atoms with Crippen molar-refractivity contribution in [2.75, 3.05) is 0 Å². The molecule has 2 aromatic rings. The van der Waals surface area contributed by atoms with Crippen molar-refractivity contribution in [3.63, 3.8) is 0 Å². The van der Waals surface area contributed by atoms with E-state index >= 15 is 0 Å². The summed E-state index contributed by atoms with van der Waals surface area (Å²) in [4.78, 5) is 4.23. The highest BCUT2D eigenvalue weighted by Crippen LogP contribution is 2.23. The zero-order valence-electron chi connectivity index (χ0n) is 13.1. The van der Waals surface area contributed by atoms with Gasteiger partial charge in [-0.2, -0.15) is 0 Å². The molecule has 1 heterocycles. The molecule has 112 valence electrons. The average molecular weight is 286 g/mol. The number of rotatable bonds is 5. The second kappa shape index (κ2) is 6.81. The second-order valence-corrected chi connectivity index (χ2v) is 5.98. The van der Waals surface area contributed by atoms with Crippen molar-refractivity contribution in [3.8, 4) is 0 Å². The number of nitrogens with zero attached hydrogens (tertiary/aromatic N) is 1. The highest BCUT2D eigenvalue weighted by atomic mass is 19.1. The summed E-state index contributed by atoms with van der Waals surface area (Å²) in [5.74, 6) is 0.205. The van der Waals surface area contributed by atoms with E-state index in [2.05, 4.69) is 62.3 Å². The van der Waals surface area contributed by atoms with Crippen molar-refractivity contribution in [1.82, 2.24) is 10.3 Å². The number of hydrogen-bond donors (Lipinski definition) is 1. The Morgan fingerprint density at radius 2 is 1.52 bits per heavy atom. The van der Waals surface area contributed by atoms with E-state index in [-0.39, 0.29) is 11.9 Å². The first kappa shape index (κ1) is 15.6. The third-order valence-corrected chi connectivity index (χ3v) is 3.48. The molecule has 0 aliphatic heterocycles. The Kier molecular flexibility index (Phi) is 5.07. The van der Waals surface area contributed by atoms with Gasteiger partial charge in [0, 0.05) is 6.04 Å². The first-order chi connectivity index (χ1) is 9.97. The van der Waals surface area contributed by atoms with E-state index in [1.165, 1.54) is 17.8 Å². The molecular formula is C18H23FN2. The fraction of sp³-hybridized carbons (Fsp3) is 0.389. The first-order valence-electron chi connectivity index (χ1n) is 7.44. The van der Waals surface area contributed by atoms with E-state index in [4.69, 9.17) is 0 Å². The largest absolute Gasteiger partial charge is 0.303 e. The van der Waals surface area contributed by atoms with E-state index in [0.717, 1.165) is 11.3 Å². The van der Waals surface area contributed by atoms with Crippen LogP contribution in [-0.4, -0.2) is 11.0 Å². The van der Waals surface area contributed by atoms with Crippen molar-refractivity contribution in [2.45, 2.75) is 45.7 Å². The number of nitrogens with one attached hydrogen (secondary N) is 1. The van der Waals surface area contributed by atoms with E-state index in [1.807, 2.05) is 0 Å². The monoisotopic (exact) mass is 286 g/mol. The van der Waals surface area contributed by atoms with E-state index in [0.29, 0.717) is 12.0 Å². The molecule has 1 atom stereocenters. The maximum Gasteiger partial charge on any atom is 0.141 e. The molecule has 1 aromatic heterocycles. The molecule has 21 heavy (non-hydrogen) atoms. The number of hydrogen-bond acceptors (Lipinski definition) is 2. The molecule has 1 N–H and O–H groups in total. The number of aromatic nitrogens is 1. The van der Waals surface area contributed by atoms with Crippen LogP contribution in [0.4, 0.5) is 4.39 Å². The van der Waals surface area contributed by atoms with Crippen molar-refractivity contribution in [1.29, 1.82) is 0 Å². The van der Waals surface area contributed by atoms with Crippen molar-refractivity contribution >= 4 is 0 Å². The molecule has 1 aromatic carbocycles. The summed E-state index contributed by atoms with van der Waals surface area (Å²) in [7, 11) is 0. The summed E-state index contributed by atoms with van der Waals surface area (Å²) < 4.78 is 13.1. The van der Waals surface area contributed by atoms with Crippen LogP contribution >= 0.6 is 0 Å². The molecule has 0 fully saturated rings. The first-order valence-corrected chi connectivity index (χ1v) is 7.44. The topological polar surface area (TPSA) is 24.9 Å². The molecule has 0 spiro atoms. The van der Waals surface area contributed by atoms with Crippen LogP contribution in [0.2, 0.25) is 0 Å². The summed E-state index contributed by atoms with van der Waals surface area (Å²) >= 11 is 0. The van der Waals surface area contributed by atoms with Crippen LogP contribution in [0.1, 0.15) is 56.5 Å². The molecule has 0 bridgehead atoms. The Morgan fingerprint density at radius 1 is 0.905 bits per heavy atom. The van der Waals surface area contributed by atoms with Crippen LogP contribution in [-0.2, 0) is 0 Å². The van der Waals surface area contributed by atoms with Gasteiger partial charge in [0.05, 0.1) is 17.9 Å². The zero-order valence-corrected chi connectivity index (χ0v) is 13.1. The van der Waals surface area contributed by atoms with Crippen molar-refractivity contribution in [3.05, 3.63) is 65.2 Å². The molecule has 0 saturated carbocycles. The number of benzene rings is 1. The average Bonchev–Trinajstić information content (AvgIpc) is 2.46. The molecule has 3 heteroatoms. The van der Waals surface area contributed by atoms with Gasteiger partial charge in [0.2, 0.25) is 0 Å². The lowest BCUT2D eigenvalue weighted by Crippen LogP contribution is -2.29. The van der Waals surface area contributed by atoms with E-state index in [1.54, 1.807) is 6.07 Å². The highest BCUT2D eigenvalue weighted by molar-refractivity contribution is 5.31. The number of pyridine rings is 1. The minimum atomic E-state index is -0.308. The van der Waals surface area contributed by atoms with Gasteiger partial charge in [-0.15, -0.1) is 0 Å². The van der Waals surface area contributed by atoms with Crippen LogP contribution in [0.5, 0.6) is 0 Å². The van der Waals surface area contributed by atoms with Gasteiger partial charge >= 0.3 is 0 Å². The van der Waals surface area contributed by atoms with Gasteiger partial charge in [0.1, 0.15) is 5.82 Å². The van der Waals surface area contributed by atoms with Crippen LogP contribution in [0, 0.1) is 5.82 Å². The molecule has 2 nitrogen and oxygen atoms in total. The molecule has 2 rings (SSSR count). The summed E-state index contributed by atoms with van der Waals surface area (Å²) in [6.45, 7) is 8.55. The Balaban J connectivity index is 2.33. The smallest absolute Gasteiger partial charge is 0.141 e. The summed E-state index contributed by atoms with van der Waals surface area (Å²) in [6.07, 6.45) is 1.27. The van der Waals surface area contributed by atoms with Gasteiger partial charge < -0.3 is 5.32 Å². The Labute approximate surface area is 126 Å². The van der Waals surface area contributed by atoms with Gasteiger partial charge in [-0.05, 0) is 43.0 Å². The summed E-state index contributed by atoms with van der Waals surface area (Å²) in [5.41, 5.74) is 3.30. The van der Waals surface area contributed by atoms with Crippen LogP contribution in [0.25, 0.3) is 0 Å².